The number of nitrogens with zero attached hydrogens (tertiary/aromatic N) is 3. The maximum atomic E-state index is 15.6. The second-order valence-electron chi connectivity index (χ2n) is 9.60. The third kappa shape index (κ3) is 5.10. The molecule has 0 aliphatic carbocycles. The monoisotopic (exact) mass is 539 g/mol. The smallest absolute Gasteiger partial charge is 0.271 e. The highest BCUT2D eigenvalue weighted by Crippen LogP contribution is 2.35. The number of rotatable bonds is 8. The Balaban J connectivity index is 1.41. The van der Waals surface area contributed by atoms with Gasteiger partial charge in [-0.15, -0.1) is 0 Å². The van der Waals surface area contributed by atoms with E-state index in [9.17, 15) is 9.59 Å². The van der Waals surface area contributed by atoms with Gasteiger partial charge in [0.2, 0.25) is 5.91 Å². The highest BCUT2D eigenvalue weighted by molar-refractivity contribution is 5.98. The summed E-state index contributed by atoms with van der Waals surface area (Å²) >= 11 is 0. The SMILES string of the molecule is C/C=C(/C)c1ccccc1CCNC(=O)c1cc(CC)c2nc(-c3ccc4c(c3F)C=C(C(N)=O)CO4)cn2n1. The molecule has 1 aliphatic heterocycles. The Bertz CT molecular complexity index is 1700. The van der Waals surface area contributed by atoms with Crippen molar-refractivity contribution in [2.24, 2.45) is 5.73 Å². The quantitative estimate of drug-likeness (QED) is 0.336. The van der Waals surface area contributed by atoms with Crippen molar-refractivity contribution >= 4 is 29.1 Å². The predicted molar refractivity (Wildman–Crippen MR) is 152 cm³/mol. The van der Waals surface area contributed by atoms with Crippen molar-refractivity contribution in [3.63, 3.8) is 0 Å². The lowest BCUT2D eigenvalue weighted by atomic mass is 9.98. The predicted octanol–water partition coefficient (Wildman–Crippen LogP) is 4.75. The first kappa shape index (κ1) is 26.8. The van der Waals surface area contributed by atoms with Gasteiger partial charge in [-0.3, -0.25) is 9.59 Å². The van der Waals surface area contributed by atoms with Gasteiger partial charge in [-0.25, -0.2) is 13.9 Å². The number of primary amides is 1. The number of nitrogens with two attached hydrogens (primary N) is 1. The highest BCUT2D eigenvalue weighted by atomic mass is 19.1. The zero-order chi connectivity index (χ0) is 28.4. The average Bonchev–Trinajstić information content (AvgIpc) is 3.40. The third-order valence-corrected chi connectivity index (χ3v) is 7.10. The molecule has 0 unspecified atom stereocenters. The molecule has 4 aromatic rings. The van der Waals surface area contributed by atoms with E-state index in [2.05, 4.69) is 40.5 Å². The molecule has 9 heteroatoms. The number of amides is 2. The molecular formula is C31H30FN5O3. The van der Waals surface area contributed by atoms with Gasteiger partial charge >= 0.3 is 0 Å². The van der Waals surface area contributed by atoms with E-state index in [1.54, 1.807) is 24.4 Å². The van der Waals surface area contributed by atoms with E-state index in [4.69, 9.17) is 10.5 Å². The number of carbonyl (C=O) groups is 2. The molecule has 3 N–H and O–H groups in total. The maximum absolute atomic E-state index is 15.6. The largest absolute Gasteiger partial charge is 0.488 e. The van der Waals surface area contributed by atoms with Crippen molar-refractivity contribution < 1.29 is 18.7 Å². The normalized spacial score (nSPS) is 13.0. The third-order valence-electron chi connectivity index (χ3n) is 7.10. The first-order valence-corrected chi connectivity index (χ1v) is 13.2. The summed E-state index contributed by atoms with van der Waals surface area (Å²) in [4.78, 5) is 29.3. The summed E-state index contributed by atoms with van der Waals surface area (Å²) < 4.78 is 22.6. The van der Waals surface area contributed by atoms with E-state index in [0.717, 1.165) is 11.1 Å². The Labute approximate surface area is 231 Å². The second-order valence-corrected chi connectivity index (χ2v) is 9.60. The molecule has 40 heavy (non-hydrogen) atoms. The van der Waals surface area contributed by atoms with Crippen LogP contribution in [0.5, 0.6) is 5.75 Å². The van der Waals surface area contributed by atoms with Crippen molar-refractivity contribution in [2.45, 2.75) is 33.6 Å². The summed E-state index contributed by atoms with van der Waals surface area (Å²) in [6.07, 6.45) is 6.35. The topological polar surface area (TPSA) is 112 Å². The molecule has 0 spiro atoms. The summed E-state index contributed by atoms with van der Waals surface area (Å²) in [5.74, 6) is -1.22. The lowest BCUT2D eigenvalue weighted by molar-refractivity contribution is -0.114. The number of ether oxygens (including phenoxy) is 1. The van der Waals surface area contributed by atoms with Crippen LogP contribution in [0.3, 0.4) is 0 Å². The van der Waals surface area contributed by atoms with Crippen LogP contribution in [-0.2, 0) is 17.6 Å². The number of nitrogens with one attached hydrogen (secondary N) is 1. The molecule has 1 aliphatic rings. The van der Waals surface area contributed by atoms with Crippen LogP contribution in [0.15, 0.2) is 60.3 Å². The van der Waals surface area contributed by atoms with Gasteiger partial charge in [-0.2, -0.15) is 5.10 Å². The summed E-state index contributed by atoms with van der Waals surface area (Å²) in [5, 5.41) is 7.45. The Hall–Kier alpha value is -4.79. The number of aromatic nitrogens is 3. The van der Waals surface area contributed by atoms with Crippen LogP contribution in [0.25, 0.3) is 28.6 Å². The molecule has 0 saturated heterocycles. The van der Waals surface area contributed by atoms with Crippen molar-refractivity contribution in [1.82, 2.24) is 19.9 Å². The fraction of sp³-hybridized carbons (Fsp3) is 0.226. The number of aryl methyl sites for hydroxylation is 1. The molecule has 204 valence electrons. The van der Waals surface area contributed by atoms with Gasteiger partial charge in [0.1, 0.15) is 23.9 Å². The molecule has 2 aromatic carbocycles. The number of hydrogen-bond donors (Lipinski definition) is 2. The first-order chi connectivity index (χ1) is 19.3. The lowest BCUT2D eigenvalue weighted by Gasteiger charge is -2.17. The number of imidazole rings is 1. The molecular weight excluding hydrogens is 509 g/mol. The number of allylic oxidation sites excluding steroid dienone is 2. The van der Waals surface area contributed by atoms with E-state index in [1.165, 1.54) is 21.7 Å². The van der Waals surface area contributed by atoms with E-state index in [1.807, 2.05) is 26.0 Å². The fourth-order valence-corrected chi connectivity index (χ4v) is 4.77. The molecule has 0 radical (unpaired) electrons. The minimum atomic E-state index is -0.664. The molecule has 0 atom stereocenters. The molecule has 8 nitrogen and oxygen atoms in total. The van der Waals surface area contributed by atoms with Crippen LogP contribution in [0.2, 0.25) is 0 Å². The van der Waals surface area contributed by atoms with Crippen LogP contribution >= 0.6 is 0 Å². The van der Waals surface area contributed by atoms with Crippen LogP contribution in [0, 0.1) is 5.82 Å². The Morgan fingerprint density at radius 1 is 1.20 bits per heavy atom. The van der Waals surface area contributed by atoms with Gasteiger partial charge in [0, 0.05) is 12.1 Å². The highest BCUT2D eigenvalue weighted by Gasteiger charge is 2.23. The minimum Gasteiger partial charge on any atom is -0.488 e. The Morgan fingerprint density at radius 3 is 2.75 bits per heavy atom. The van der Waals surface area contributed by atoms with E-state index in [0.29, 0.717) is 36.5 Å². The van der Waals surface area contributed by atoms with Crippen molar-refractivity contribution in [1.29, 1.82) is 0 Å². The molecule has 2 amide bonds. The van der Waals surface area contributed by atoms with Crippen LogP contribution in [0.4, 0.5) is 4.39 Å². The Kier molecular flexibility index (Phi) is 7.46. The molecule has 0 fully saturated rings. The standard InChI is InChI=1S/C31H30FN5O3/c1-4-18(3)22-9-7-6-8-20(22)12-13-34-31(39)25-15-19(5-2)30-35-26(16-37(30)36-25)23-10-11-27-24(28(23)32)14-21(17-40-27)29(33)38/h4,6-11,14-16H,5,12-13,17H2,1-3H3,(H2,33,38)(H,34,39)/b18-4-. The van der Waals surface area contributed by atoms with Gasteiger partial charge in [0.25, 0.3) is 5.91 Å². The van der Waals surface area contributed by atoms with Gasteiger partial charge in [0.05, 0.1) is 23.0 Å². The molecule has 5 rings (SSSR count). The molecule has 0 saturated carbocycles. The van der Waals surface area contributed by atoms with Gasteiger partial charge < -0.3 is 15.8 Å². The summed E-state index contributed by atoms with van der Waals surface area (Å²) in [7, 11) is 0. The maximum Gasteiger partial charge on any atom is 0.271 e. The van der Waals surface area contributed by atoms with Crippen molar-refractivity contribution in [3.8, 4) is 17.0 Å². The second kappa shape index (κ2) is 11.1. The van der Waals surface area contributed by atoms with E-state index >= 15 is 4.39 Å². The zero-order valence-corrected chi connectivity index (χ0v) is 22.6. The first-order valence-electron chi connectivity index (χ1n) is 13.2. The lowest BCUT2D eigenvalue weighted by Crippen LogP contribution is -2.27. The number of halogens is 1. The summed E-state index contributed by atoms with van der Waals surface area (Å²) in [6.45, 7) is 6.48. The number of hydrogen-bond acceptors (Lipinski definition) is 5. The average molecular weight is 540 g/mol. The Morgan fingerprint density at radius 2 is 2.00 bits per heavy atom. The van der Waals surface area contributed by atoms with Crippen molar-refractivity contribution in [2.75, 3.05) is 13.2 Å². The van der Waals surface area contributed by atoms with Crippen LogP contribution in [0.1, 0.15) is 53.5 Å². The van der Waals surface area contributed by atoms with E-state index < -0.39 is 11.7 Å². The number of benzene rings is 2. The minimum absolute atomic E-state index is 0.00789. The van der Waals surface area contributed by atoms with Gasteiger partial charge in [0.15, 0.2) is 5.65 Å². The van der Waals surface area contributed by atoms with E-state index in [-0.39, 0.29) is 34.9 Å². The molecule has 3 heterocycles. The van der Waals surface area contributed by atoms with Crippen LogP contribution < -0.4 is 15.8 Å². The summed E-state index contributed by atoms with van der Waals surface area (Å²) in [5.41, 5.74) is 11.3. The summed E-state index contributed by atoms with van der Waals surface area (Å²) in [6, 6.07) is 13.1. The molecule has 2 aromatic heterocycles. The van der Waals surface area contributed by atoms with Gasteiger partial charge in [-0.05, 0) is 73.2 Å². The van der Waals surface area contributed by atoms with Gasteiger partial charge in [-0.1, -0.05) is 37.3 Å². The number of fused-ring (bicyclic) bond motifs is 2. The fourth-order valence-electron chi connectivity index (χ4n) is 4.77. The zero-order valence-electron chi connectivity index (χ0n) is 22.6. The van der Waals surface area contributed by atoms with Crippen LogP contribution in [-0.4, -0.2) is 39.6 Å². The number of carbonyl (C=O) groups excluding carboxylic acids is 2. The van der Waals surface area contributed by atoms with Crippen molar-refractivity contribution in [3.05, 3.63) is 94.1 Å². The molecule has 0 bridgehead atoms.